The molecule has 0 spiro atoms. The molecule has 0 unspecified atom stereocenters. The van der Waals surface area contributed by atoms with E-state index in [9.17, 15) is 4.79 Å². The SMILES string of the molecule is C[C@@]12CCC[C@H]1[C@@H]1C[C@@H](Br)C3=CC(=O)CC[C@]3(C)[C@H]1CC2. The van der Waals surface area contributed by atoms with E-state index in [1.165, 1.54) is 44.1 Å². The number of alkyl halides is 1. The molecule has 0 aromatic rings. The van der Waals surface area contributed by atoms with Crippen LogP contribution < -0.4 is 0 Å². The summed E-state index contributed by atoms with van der Waals surface area (Å²) in [5.41, 5.74) is 2.34. The second-order valence-electron chi connectivity index (χ2n) is 8.65. The van der Waals surface area contributed by atoms with Crippen LogP contribution in [0.5, 0.6) is 0 Å². The van der Waals surface area contributed by atoms with Gasteiger partial charge in [-0.05, 0) is 78.8 Å². The molecule has 21 heavy (non-hydrogen) atoms. The van der Waals surface area contributed by atoms with Crippen molar-refractivity contribution in [2.45, 2.75) is 70.0 Å². The summed E-state index contributed by atoms with van der Waals surface area (Å²) in [6.07, 6.45) is 12.3. The Morgan fingerprint density at radius 3 is 2.76 bits per heavy atom. The summed E-state index contributed by atoms with van der Waals surface area (Å²) in [7, 11) is 0. The van der Waals surface area contributed by atoms with Gasteiger partial charge in [-0.2, -0.15) is 0 Å². The van der Waals surface area contributed by atoms with Gasteiger partial charge >= 0.3 is 0 Å². The molecule has 0 bridgehead atoms. The fourth-order valence-corrected chi connectivity index (χ4v) is 7.64. The molecule has 0 amide bonds. The van der Waals surface area contributed by atoms with Crippen LogP contribution in [0.2, 0.25) is 0 Å². The summed E-state index contributed by atoms with van der Waals surface area (Å²) in [5, 5.41) is 0. The largest absolute Gasteiger partial charge is 0.295 e. The van der Waals surface area contributed by atoms with Crippen LogP contribution in [0.15, 0.2) is 11.6 Å². The van der Waals surface area contributed by atoms with E-state index in [1.807, 2.05) is 6.08 Å². The lowest BCUT2D eigenvalue weighted by atomic mass is 9.47. The molecular weight excluding hydrogens is 324 g/mol. The number of rotatable bonds is 0. The van der Waals surface area contributed by atoms with Gasteiger partial charge in [0.05, 0.1) is 0 Å². The standard InChI is InChI=1S/C19H27BrO/c1-18-7-3-4-14(18)13-11-17(20)16-10-12(21)5-9-19(16,2)15(13)6-8-18/h10,13-15,17H,3-9,11H2,1-2H3/t13-,14-,15-,17+,18-,19+/m0/s1. The number of carbonyl (C=O) groups is 1. The maximum Gasteiger partial charge on any atom is 0.155 e. The summed E-state index contributed by atoms with van der Waals surface area (Å²) in [6.45, 7) is 5.02. The first kappa shape index (κ1) is 14.5. The number of hydrogen-bond donors (Lipinski definition) is 0. The maximum absolute atomic E-state index is 11.9. The minimum atomic E-state index is 0.287. The van der Waals surface area contributed by atoms with Crippen molar-refractivity contribution in [3.05, 3.63) is 11.6 Å². The molecule has 4 aliphatic carbocycles. The molecular formula is C19H27BrO. The Morgan fingerprint density at radius 2 is 1.95 bits per heavy atom. The number of allylic oxidation sites excluding steroid dienone is 1. The van der Waals surface area contributed by atoms with Crippen molar-refractivity contribution in [2.75, 3.05) is 0 Å². The Hall–Kier alpha value is -0.110. The van der Waals surface area contributed by atoms with E-state index in [2.05, 4.69) is 29.8 Å². The Kier molecular flexibility index (Phi) is 3.24. The quantitative estimate of drug-likeness (QED) is 0.543. The molecule has 0 saturated heterocycles. The second-order valence-corrected chi connectivity index (χ2v) is 9.75. The normalized spacial score (nSPS) is 52.7. The molecule has 0 aliphatic heterocycles. The van der Waals surface area contributed by atoms with Crippen LogP contribution in [0.25, 0.3) is 0 Å². The van der Waals surface area contributed by atoms with E-state index < -0.39 is 0 Å². The average Bonchev–Trinajstić information content (AvgIpc) is 2.83. The van der Waals surface area contributed by atoms with Gasteiger partial charge in [0, 0.05) is 11.2 Å². The fourth-order valence-electron chi connectivity index (χ4n) is 6.55. The number of carbonyl (C=O) groups excluding carboxylic acids is 1. The van der Waals surface area contributed by atoms with E-state index in [0.717, 1.165) is 30.6 Å². The zero-order valence-electron chi connectivity index (χ0n) is 13.3. The first-order valence-electron chi connectivity index (χ1n) is 8.83. The summed E-state index contributed by atoms with van der Waals surface area (Å²) in [6, 6.07) is 0. The molecule has 1 nitrogen and oxygen atoms in total. The molecule has 6 atom stereocenters. The third kappa shape index (κ3) is 1.97. The zero-order valence-corrected chi connectivity index (χ0v) is 14.9. The second kappa shape index (κ2) is 4.69. The number of fused-ring (bicyclic) bond motifs is 5. The molecule has 0 radical (unpaired) electrons. The zero-order chi connectivity index (χ0) is 14.8. The van der Waals surface area contributed by atoms with E-state index in [-0.39, 0.29) is 5.41 Å². The topological polar surface area (TPSA) is 17.1 Å². The predicted octanol–water partition coefficient (Wildman–Crippen LogP) is 5.28. The molecule has 3 saturated carbocycles. The van der Waals surface area contributed by atoms with Crippen molar-refractivity contribution >= 4 is 21.7 Å². The Labute approximate surface area is 137 Å². The summed E-state index contributed by atoms with van der Waals surface area (Å²) in [5.74, 6) is 2.99. The van der Waals surface area contributed by atoms with Crippen molar-refractivity contribution in [3.8, 4) is 0 Å². The Bertz CT molecular complexity index is 510. The van der Waals surface area contributed by atoms with Gasteiger partial charge in [-0.15, -0.1) is 0 Å². The lowest BCUT2D eigenvalue weighted by Gasteiger charge is -2.58. The monoisotopic (exact) mass is 350 g/mol. The Morgan fingerprint density at radius 1 is 1.14 bits per heavy atom. The molecule has 0 aromatic carbocycles. The highest BCUT2D eigenvalue weighted by Gasteiger charge is 2.57. The molecule has 0 aromatic heterocycles. The highest BCUT2D eigenvalue weighted by atomic mass is 79.9. The smallest absolute Gasteiger partial charge is 0.155 e. The van der Waals surface area contributed by atoms with Crippen molar-refractivity contribution < 1.29 is 4.79 Å². The first-order chi connectivity index (χ1) is 9.94. The molecule has 116 valence electrons. The lowest BCUT2D eigenvalue weighted by Crippen LogP contribution is -2.52. The third-order valence-electron chi connectivity index (χ3n) is 7.72. The van der Waals surface area contributed by atoms with Crippen molar-refractivity contribution in [1.82, 2.24) is 0 Å². The van der Waals surface area contributed by atoms with Gasteiger partial charge in [0.1, 0.15) is 0 Å². The van der Waals surface area contributed by atoms with E-state index in [1.54, 1.807) is 0 Å². The van der Waals surface area contributed by atoms with Crippen molar-refractivity contribution in [2.24, 2.45) is 28.6 Å². The number of ketones is 1. The van der Waals surface area contributed by atoms with Gasteiger partial charge in [0.15, 0.2) is 5.78 Å². The van der Waals surface area contributed by atoms with Gasteiger partial charge in [-0.1, -0.05) is 36.2 Å². The van der Waals surface area contributed by atoms with E-state index in [0.29, 0.717) is 16.0 Å². The molecule has 0 N–H and O–H groups in total. The number of hydrogen-bond acceptors (Lipinski definition) is 1. The third-order valence-corrected chi connectivity index (χ3v) is 8.59. The summed E-state index contributed by atoms with van der Waals surface area (Å²) >= 11 is 3.95. The van der Waals surface area contributed by atoms with Crippen LogP contribution in [0.3, 0.4) is 0 Å². The van der Waals surface area contributed by atoms with Crippen LogP contribution in [-0.4, -0.2) is 10.6 Å². The fraction of sp³-hybridized carbons (Fsp3) is 0.842. The summed E-state index contributed by atoms with van der Waals surface area (Å²) in [4.78, 5) is 12.3. The molecule has 0 heterocycles. The summed E-state index contributed by atoms with van der Waals surface area (Å²) < 4.78 is 0. The van der Waals surface area contributed by atoms with Crippen LogP contribution in [-0.2, 0) is 4.79 Å². The van der Waals surface area contributed by atoms with Gasteiger partial charge in [-0.25, -0.2) is 0 Å². The van der Waals surface area contributed by atoms with Crippen LogP contribution in [0.4, 0.5) is 0 Å². The van der Waals surface area contributed by atoms with Gasteiger partial charge in [-0.3, -0.25) is 4.79 Å². The van der Waals surface area contributed by atoms with E-state index in [4.69, 9.17) is 0 Å². The highest BCUT2D eigenvalue weighted by molar-refractivity contribution is 9.09. The molecule has 4 aliphatic rings. The van der Waals surface area contributed by atoms with Crippen LogP contribution in [0.1, 0.15) is 65.2 Å². The molecule has 2 heteroatoms. The van der Waals surface area contributed by atoms with Crippen molar-refractivity contribution in [3.63, 3.8) is 0 Å². The van der Waals surface area contributed by atoms with Gasteiger partial charge < -0.3 is 0 Å². The van der Waals surface area contributed by atoms with Gasteiger partial charge in [0.2, 0.25) is 0 Å². The highest BCUT2D eigenvalue weighted by Crippen LogP contribution is 2.65. The maximum atomic E-state index is 11.9. The van der Waals surface area contributed by atoms with Gasteiger partial charge in [0.25, 0.3) is 0 Å². The minimum Gasteiger partial charge on any atom is -0.295 e. The molecule has 3 fully saturated rings. The average molecular weight is 351 g/mol. The van der Waals surface area contributed by atoms with Crippen LogP contribution in [0, 0.1) is 28.6 Å². The Balaban J connectivity index is 1.73. The van der Waals surface area contributed by atoms with E-state index >= 15 is 0 Å². The minimum absolute atomic E-state index is 0.287. The lowest BCUT2D eigenvalue weighted by molar-refractivity contribution is -0.117. The van der Waals surface area contributed by atoms with Crippen molar-refractivity contribution in [1.29, 1.82) is 0 Å². The number of halogens is 1. The first-order valence-corrected chi connectivity index (χ1v) is 9.75. The predicted molar refractivity (Wildman–Crippen MR) is 89.4 cm³/mol. The molecule has 4 rings (SSSR count). The van der Waals surface area contributed by atoms with Crippen LogP contribution >= 0.6 is 15.9 Å².